The second-order valence-corrected chi connectivity index (χ2v) is 5.76. The number of rotatable bonds is 7. The van der Waals surface area contributed by atoms with Crippen LogP contribution in [0.15, 0.2) is 28.5 Å². The highest BCUT2D eigenvalue weighted by atomic mass is 35.5. The second kappa shape index (κ2) is 8.75. The minimum Gasteiger partial charge on any atom is -0.497 e. The van der Waals surface area contributed by atoms with Crippen LogP contribution in [0.4, 0.5) is 11.5 Å². The molecule has 1 N–H and O–H groups in total. The highest BCUT2D eigenvalue weighted by Gasteiger charge is 2.10. The number of anilines is 1. The van der Waals surface area contributed by atoms with Crippen molar-refractivity contribution in [3.63, 3.8) is 0 Å². The standard InChI is InChI=1S/C16H19ClN4O2S/c1-5-18-15-10(9-20-16(21-15)24-4)8-19-12-6-11(22-2)7-13(23-3)14(12)17/h6-9H,5H2,1-4H3,(H,18,20,21). The summed E-state index contributed by atoms with van der Waals surface area (Å²) in [6.45, 7) is 2.75. The van der Waals surface area contributed by atoms with Crippen molar-refractivity contribution in [2.24, 2.45) is 4.99 Å². The van der Waals surface area contributed by atoms with E-state index in [1.807, 2.05) is 13.2 Å². The summed E-state index contributed by atoms with van der Waals surface area (Å²) in [7, 11) is 3.13. The molecule has 1 aromatic heterocycles. The quantitative estimate of drug-likeness (QED) is 0.453. The summed E-state index contributed by atoms with van der Waals surface area (Å²) < 4.78 is 10.5. The van der Waals surface area contributed by atoms with Crippen LogP contribution in [0.2, 0.25) is 5.02 Å². The number of thioether (sulfide) groups is 1. The lowest BCUT2D eigenvalue weighted by molar-refractivity contribution is 0.395. The normalized spacial score (nSPS) is 10.9. The molecular formula is C16H19ClN4O2S. The maximum Gasteiger partial charge on any atom is 0.189 e. The Kier molecular flexibility index (Phi) is 6.69. The van der Waals surface area contributed by atoms with Gasteiger partial charge in [-0.25, -0.2) is 9.97 Å². The Morgan fingerprint density at radius 2 is 2.12 bits per heavy atom. The zero-order valence-corrected chi connectivity index (χ0v) is 15.5. The third-order valence-electron chi connectivity index (χ3n) is 3.11. The molecule has 0 saturated heterocycles. The molecule has 2 rings (SSSR count). The lowest BCUT2D eigenvalue weighted by Crippen LogP contribution is -2.05. The molecule has 0 bridgehead atoms. The summed E-state index contributed by atoms with van der Waals surface area (Å²) >= 11 is 7.79. The van der Waals surface area contributed by atoms with E-state index in [2.05, 4.69) is 20.3 Å². The van der Waals surface area contributed by atoms with Gasteiger partial charge in [0.05, 0.1) is 25.5 Å². The van der Waals surface area contributed by atoms with Crippen molar-refractivity contribution in [3.05, 3.63) is 28.9 Å². The number of aromatic nitrogens is 2. The molecule has 0 aliphatic rings. The predicted octanol–water partition coefficient (Wildman–Crippen LogP) is 4.05. The van der Waals surface area contributed by atoms with E-state index < -0.39 is 0 Å². The average Bonchev–Trinajstić information content (AvgIpc) is 2.61. The second-order valence-electron chi connectivity index (χ2n) is 4.61. The van der Waals surface area contributed by atoms with E-state index in [1.165, 1.54) is 11.8 Å². The Morgan fingerprint density at radius 3 is 2.75 bits per heavy atom. The highest BCUT2D eigenvalue weighted by molar-refractivity contribution is 7.98. The molecular weight excluding hydrogens is 348 g/mol. The highest BCUT2D eigenvalue weighted by Crippen LogP contribution is 2.38. The van der Waals surface area contributed by atoms with Crippen LogP contribution in [0, 0.1) is 0 Å². The number of hydrogen-bond acceptors (Lipinski definition) is 7. The molecule has 0 radical (unpaired) electrons. The number of benzene rings is 1. The Hall–Kier alpha value is -1.99. The lowest BCUT2D eigenvalue weighted by Gasteiger charge is -2.09. The topological polar surface area (TPSA) is 68.6 Å². The van der Waals surface area contributed by atoms with Crippen LogP contribution >= 0.6 is 23.4 Å². The van der Waals surface area contributed by atoms with Gasteiger partial charge in [-0.05, 0) is 13.2 Å². The summed E-state index contributed by atoms with van der Waals surface area (Å²) in [5.74, 6) is 1.85. The van der Waals surface area contributed by atoms with Gasteiger partial charge in [0.1, 0.15) is 22.3 Å². The van der Waals surface area contributed by atoms with Crippen LogP contribution in [0.1, 0.15) is 12.5 Å². The Bertz CT molecular complexity index is 740. The van der Waals surface area contributed by atoms with Crippen molar-refractivity contribution in [1.82, 2.24) is 9.97 Å². The number of halogens is 1. The van der Waals surface area contributed by atoms with Gasteiger partial charge < -0.3 is 14.8 Å². The zero-order chi connectivity index (χ0) is 17.5. The first kappa shape index (κ1) is 18.4. The monoisotopic (exact) mass is 366 g/mol. The van der Waals surface area contributed by atoms with E-state index in [0.717, 1.165) is 17.9 Å². The van der Waals surface area contributed by atoms with E-state index in [-0.39, 0.29) is 0 Å². The number of aliphatic imine (C=N–C) groups is 1. The molecule has 0 aliphatic heterocycles. The van der Waals surface area contributed by atoms with Crippen molar-refractivity contribution >= 4 is 41.1 Å². The van der Waals surface area contributed by atoms with Crippen LogP contribution in [-0.4, -0.2) is 43.2 Å². The Labute approximate surface area is 150 Å². The molecule has 6 nitrogen and oxygen atoms in total. The van der Waals surface area contributed by atoms with E-state index in [9.17, 15) is 0 Å². The molecule has 0 saturated carbocycles. The van der Waals surface area contributed by atoms with Gasteiger partial charge in [0.2, 0.25) is 0 Å². The zero-order valence-electron chi connectivity index (χ0n) is 14.0. The summed E-state index contributed by atoms with van der Waals surface area (Å²) in [4.78, 5) is 13.2. The van der Waals surface area contributed by atoms with Crippen LogP contribution < -0.4 is 14.8 Å². The van der Waals surface area contributed by atoms with Crippen molar-refractivity contribution in [1.29, 1.82) is 0 Å². The first-order valence-corrected chi connectivity index (χ1v) is 8.83. The molecule has 128 valence electrons. The van der Waals surface area contributed by atoms with Gasteiger partial charge in [-0.1, -0.05) is 23.4 Å². The summed E-state index contributed by atoms with van der Waals surface area (Å²) in [5, 5.41) is 4.32. The fraction of sp³-hybridized carbons (Fsp3) is 0.312. The maximum atomic E-state index is 6.31. The molecule has 24 heavy (non-hydrogen) atoms. The van der Waals surface area contributed by atoms with Crippen LogP contribution in [0.25, 0.3) is 0 Å². The van der Waals surface area contributed by atoms with Crippen molar-refractivity contribution in [3.8, 4) is 11.5 Å². The summed E-state index contributed by atoms with van der Waals surface area (Å²) in [6, 6.07) is 3.45. The van der Waals surface area contributed by atoms with E-state index in [0.29, 0.717) is 27.4 Å². The third kappa shape index (κ3) is 4.30. The predicted molar refractivity (Wildman–Crippen MR) is 99.8 cm³/mol. The van der Waals surface area contributed by atoms with Crippen molar-refractivity contribution in [2.45, 2.75) is 12.1 Å². The number of ether oxygens (including phenoxy) is 2. The first-order chi connectivity index (χ1) is 11.6. The van der Waals surface area contributed by atoms with Crippen molar-refractivity contribution in [2.75, 3.05) is 32.3 Å². The van der Waals surface area contributed by atoms with Crippen LogP contribution in [-0.2, 0) is 0 Å². The maximum absolute atomic E-state index is 6.31. The molecule has 0 aliphatic carbocycles. The number of nitrogens with one attached hydrogen (secondary N) is 1. The summed E-state index contributed by atoms with van der Waals surface area (Å²) in [5.41, 5.74) is 1.32. The van der Waals surface area contributed by atoms with E-state index in [4.69, 9.17) is 21.1 Å². The first-order valence-electron chi connectivity index (χ1n) is 7.23. The molecule has 8 heteroatoms. The molecule has 0 atom stereocenters. The van der Waals surface area contributed by atoms with Crippen LogP contribution in [0.5, 0.6) is 11.5 Å². The lowest BCUT2D eigenvalue weighted by atomic mass is 10.2. The number of methoxy groups -OCH3 is 2. The fourth-order valence-corrected chi connectivity index (χ4v) is 2.51. The molecule has 2 aromatic rings. The molecule has 0 unspecified atom stereocenters. The van der Waals surface area contributed by atoms with Crippen LogP contribution in [0.3, 0.4) is 0 Å². The minimum absolute atomic E-state index is 0.418. The van der Waals surface area contributed by atoms with Gasteiger partial charge >= 0.3 is 0 Å². The Balaban J connectivity index is 2.40. The van der Waals surface area contributed by atoms with Gasteiger partial charge in [0.25, 0.3) is 0 Å². The molecule has 0 fully saturated rings. The van der Waals surface area contributed by atoms with Gasteiger partial charge in [-0.2, -0.15) is 0 Å². The molecule has 1 aromatic carbocycles. The van der Waals surface area contributed by atoms with Gasteiger partial charge in [0.15, 0.2) is 5.16 Å². The van der Waals surface area contributed by atoms with Gasteiger partial charge in [-0.3, -0.25) is 4.99 Å². The smallest absolute Gasteiger partial charge is 0.189 e. The minimum atomic E-state index is 0.418. The number of nitrogens with zero attached hydrogens (tertiary/aromatic N) is 3. The van der Waals surface area contributed by atoms with E-state index >= 15 is 0 Å². The van der Waals surface area contributed by atoms with Gasteiger partial charge in [0, 0.05) is 31.1 Å². The summed E-state index contributed by atoms with van der Waals surface area (Å²) in [6.07, 6.45) is 5.33. The SMILES string of the molecule is CCNc1nc(SC)ncc1C=Nc1cc(OC)cc(OC)c1Cl. The molecule has 1 heterocycles. The van der Waals surface area contributed by atoms with Crippen molar-refractivity contribution < 1.29 is 9.47 Å². The van der Waals surface area contributed by atoms with Gasteiger partial charge in [-0.15, -0.1) is 0 Å². The third-order valence-corrected chi connectivity index (χ3v) is 4.06. The largest absolute Gasteiger partial charge is 0.497 e. The fourth-order valence-electron chi connectivity index (χ4n) is 1.93. The number of hydrogen-bond donors (Lipinski definition) is 1. The average molecular weight is 367 g/mol. The molecule has 0 spiro atoms. The Morgan fingerprint density at radius 1 is 1.33 bits per heavy atom. The molecule has 0 amide bonds. The van der Waals surface area contributed by atoms with E-state index in [1.54, 1.807) is 38.8 Å².